The van der Waals surface area contributed by atoms with Gasteiger partial charge in [-0.2, -0.15) is 10.4 Å². The van der Waals surface area contributed by atoms with Crippen molar-refractivity contribution in [3.63, 3.8) is 0 Å². The summed E-state index contributed by atoms with van der Waals surface area (Å²) in [4.78, 5) is 10.9. The normalized spacial score (nSPS) is 23.0. The molecule has 178 valence electrons. The molecule has 2 fully saturated rings. The summed E-state index contributed by atoms with van der Waals surface area (Å²) in [5.74, 6) is 2.37. The number of anilines is 2. The zero-order valence-electron chi connectivity index (χ0n) is 19.8. The second-order valence-electron chi connectivity index (χ2n) is 9.20. The van der Waals surface area contributed by atoms with Gasteiger partial charge < -0.3 is 19.7 Å². The molecule has 1 unspecified atom stereocenters. The molecule has 0 radical (unpaired) electrons. The van der Waals surface area contributed by atoms with Gasteiger partial charge in [0.15, 0.2) is 0 Å². The van der Waals surface area contributed by atoms with Gasteiger partial charge in [0.1, 0.15) is 34.5 Å². The van der Waals surface area contributed by atoms with Gasteiger partial charge in [0.25, 0.3) is 0 Å². The fourth-order valence-electron chi connectivity index (χ4n) is 5.03. The standard InChI is InChI=1S/C25H31N7O2/c1-17-27-10-9-24(29-17)30-19-5-7-21(8-6-19)34-23-12-20(31-11-3-4-22(16-31)33-2)15-32-25(23)18(13-26)14-28-32/h9-10,12,14-15,19,21-22H,3-8,11,16H2,1-2H3,(H,27,29,30). The molecule has 5 rings (SSSR count). The van der Waals surface area contributed by atoms with Crippen molar-refractivity contribution in [2.45, 2.75) is 63.7 Å². The molecule has 3 aromatic heterocycles. The molecular weight excluding hydrogens is 430 g/mol. The van der Waals surface area contributed by atoms with E-state index < -0.39 is 0 Å². The summed E-state index contributed by atoms with van der Waals surface area (Å²) in [5.41, 5.74) is 2.32. The third-order valence-corrected chi connectivity index (χ3v) is 6.86. The van der Waals surface area contributed by atoms with Gasteiger partial charge in [0.2, 0.25) is 0 Å². The summed E-state index contributed by atoms with van der Waals surface area (Å²) < 4.78 is 13.9. The molecule has 4 heterocycles. The van der Waals surface area contributed by atoms with Crippen LogP contribution in [0.25, 0.3) is 5.52 Å². The number of ether oxygens (including phenoxy) is 2. The minimum atomic E-state index is 0.0961. The lowest BCUT2D eigenvalue weighted by molar-refractivity contribution is 0.0892. The molecule has 1 N–H and O–H groups in total. The highest BCUT2D eigenvalue weighted by Gasteiger charge is 2.26. The maximum Gasteiger partial charge on any atom is 0.148 e. The quantitative estimate of drug-likeness (QED) is 0.593. The first-order valence-corrected chi connectivity index (χ1v) is 12.0. The maximum absolute atomic E-state index is 9.63. The van der Waals surface area contributed by atoms with Crippen LogP contribution >= 0.6 is 0 Å². The van der Waals surface area contributed by atoms with Crippen molar-refractivity contribution in [2.24, 2.45) is 0 Å². The Morgan fingerprint density at radius 1 is 1.18 bits per heavy atom. The average molecular weight is 462 g/mol. The van der Waals surface area contributed by atoms with Gasteiger partial charge in [0.05, 0.1) is 30.3 Å². The lowest BCUT2D eigenvalue weighted by atomic mass is 9.93. The van der Waals surface area contributed by atoms with Crippen molar-refractivity contribution in [3.05, 3.63) is 42.1 Å². The van der Waals surface area contributed by atoms with E-state index in [1.165, 1.54) is 0 Å². The minimum absolute atomic E-state index is 0.0961. The number of aryl methyl sites for hydroxylation is 1. The van der Waals surface area contributed by atoms with Crippen LogP contribution in [0, 0.1) is 18.3 Å². The summed E-state index contributed by atoms with van der Waals surface area (Å²) in [6, 6.07) is 6.61. The molecule has 2 aliphatic rings. The van der Waals surface area contributed by atoms with Crippen LogP contribution < -0.4 is 15.0 Å². The number of nitrogens with one attached hydrogen (secondary N) is 1. The summed E-state index contributed by atoms with van der Waals surface area (Å²) in [6.07, 6.45) is 11.7. The Morgan fingerprint density at radius 2 is 2.03 bits per heavy atom. The largest absolute Gasteiger partial charge is 0.488 e. The van der Waals surface area contributed by atoms with E-state index in [-0.39, 0.29) is 12.2 Å². The van der Waals surface area contributed by atoms with E-state index in [2.05, 4.69) is 37.4 Å². The zero-order chi connectivity index (χ0) is 23.5. The van der Waals surface area contributed by atoms with Gasteiger partial charge in [-0.25, -0.2) is 14.5 Å². The minimum Gasteiger partial charge on any atom is -0.488 e. The van der Waals surface area contributed by atoms with Crippen molar-refractivity contribution in [1.82, 2.24) is 19.6 Å². The van der Waals surface area contributed by atoms with Gasteiger partial charge in [-0.15, -0.1) is 0 Å². The predicted molar refractivity (Wildman–Crippen MR) is 129 cm³/mol. The Bertz CT molecular complexity index is 1180. The molecule has 0 amide bonds. The van der Waals surface area contributed by atoms with Crippen molar-refractivity contribution < 1.29 is 9.47 Å². The number of pyridine rings is 1. The highest BCUT2D eigenvalue weighted by Crippen LogP contribution is 2.33. The molecule has 0 aromatic carbocycles. The van der Waals surface area contributed by atoms with E-state index >= 15 is 0 Å². The molecule has 1 saturated heterocycles. The fourth-order valence-corrected chi connectivity index (χ4v) is 5.03. The summed E-state index contributed by atoms with van der Waals surface area (Å²) in [7, 11) is 1.77. The molecule has 9 nitrogen and oxygen atoms in total. The van der Waals surface area contributed by atoms with Gasteiger partial charge in [-0.1, -0.05) is 0 Å². The van der Waals surface area contributed by atoms with E-state index in [0.717, 1.165) is 80.2 Å². The number of methoxy groups -OCH3 is 1. The molecular formula is C25H31N7O2. The first-order valence-electron chi connectivity index (χ1n) is 12.0. The van der Waals surface area contributed by atoms with E-state index in [1.807, 2.05) is 19.2 Å². The highest BCUT2D eigenvalue weighted by atomic mass is 16.5. The molecule has 1 aliphatic heterocycles. The highest BCUT2D eigenvalue weighted by molar-refractivity contribution is 5.72. The summed E-state index contributed by atoms with van der Waals surface area (Å²) in [5, 5.41) is 17.6. The van der Waals surface area contributed by atoms with Crippen LogP contribution in [-0.2, 0) is 4.74 Å². The summed E-state index contributed by atoms with van der Waals surface area (Å²) in [6.45, 7) is 3.71. The molecule has 9 heteroatoms. The Labute approximate surface area is 199 Å². The smallest absolute Gasteiger partial charge is 0.148 e. The molecule has 3 aromatic rings. The number of rotatable bonds is 6. The van der Waals surface area contributed by atoms with Gasteiger partial charge in [-0.05, 0) is 51.5 Å². The second kappa shape index (κ2) is 9.85. The predicted octanol–water partition coefficient (Wildman–Crippen LogP) is 3.72. The zero-order valence-corrected chi connectivity index (χ0v) is 19.8. The van der Waals surface area contributed by atoms with Crippen molar-refractivity contribution in [2.75, 3.05) is 30.4 Å². The maximum atomic E-state index is 9.63. The first kappa shape index (κ1) is 22.4. The number of nitriles is 1. The van der Waals surface area contributed by atoms with Crippen molar-refractivity contribution in [3.8, 4) is 11.8 Å². The fraction of sp³-hybridized carbons (Fsp3) is 0.520. The van der Waals surface area contributed by atoms with E-state index in [4.69, 9.17) is 9.47 Å². The number of aromatic nitrogens is 4. The Kier molecular flexibility index (Phi) is 6.50. The molecule has 0 spiro atoms. The average Bonchev–Trinajstić information content (AvgIpc) is 3.29. The molecule has 1 saturated carbocycles. The molecule has 34 heavy (non-hydrogen) atoms. The topological polar surface area (TPSA) is 101 Å². The van der Waals surface area contributed by atoms with Crippen molar-refractivity contribution in [1.29, 1.82) is 5.26 Å². The van der Waals surface area contributed by atoms with Crippen LogP contribution in [0.3, 0.4) is 0 Å². The van der Waals surface area contributed by atoms with Gasteiger partial charge >= 0.3 is 0 Å². The number of nitrogens with zero attached hydrogens (tertiary/aromatic N) is 6. The molecule has 0 bridgehead atoms. The number of piperidine rings is 1. The van der Waals surface area contributed by atoms with Crippen LogP contribution in [0.5, 0.6) is 5.75 Å². The lowest BCUT2D eigenvalue weighted by Gasteiger charge is -2.34. The van der Waals surface area contributed by atoms with E-state index in [1.54, 1.807) is 24.0 Å². The van der Waals surface area contributed by atoms with E-state index in [9.17, 15) is 5.26 Å². The van der Waals surface area contributed by atoms with Crippen LogP contribution in [0.15, 0.2) is 30.7 Å². The lowest BCUT2D eigenvalue weighted by Crippen LogP contribution is -2.39. The van der Waals surface area contributed by atoms with Crippen LogP contribution in [-0.4, -0.2) is 58.0 Å². The number of fused-ring (bicyclic) bond motifs is 1. The summed E-state index contributed by atoms with van der Waals surface area (Å²) >= 11 is 0. The van der Waals surface area contributed by atoms with Crippen LogP contribution in [0.1, 0.15) is 49.9 Å². The van der Waals surface area contributed by atoms with Gasteiger partial charge in [-0.3, -0.25) is 0 Å². The Morgan fingerprint density at radius 3 is 2.79 bits per heavy atom. The molecule has 1 aliphatic carbocycles. The third kappa shape index (κ3) is 4.77. The monoisotopic (exact) mass is 461 g/mol. The number of hydrogen-bond donors (Lipinski definition) is 1. The van der Waals surface area contributed by atoms with Gasteiger partial charge in [0, 0.05) is 38.5 Å². The van der Waals surface area contributed by atoms with Crippen molar-refractivity contribution >= 4 is 17.0 Å². The Hall–Kier alpha value is -3.38. The Balaban J connectivity index is 1.32. The SMILES string of the molecule is COC1CCCN(c2cc(OC3CCC(Nc4ccnc(C)n4)CC3)c3c(C#N)cnn3c2)C1. The second-order valence-corrected chi connectivity index (χ2v) is 9.20. The van der Waals surface area contributed by atoms with Crippen LogP contribution in [0.2, 0.25) is 0 Å². The van der Waals surface area contributed by atoms with Crippen LogP contribution in [0.4, 0.5) is 11.5 Å². The molecule has 1 atom stereocenters. The number of hydrogen-bond acceptors (Lipinski definition) is 8. The third-order valence-electron chi connectivity index (χ3n) is 6.86. The van der Waals surface area contributed by atoms with E-state index in [0.29, 0.717) is 11.6 Å². The first-order chi connectivity index (χ1) is 16.6.